The van der Waals surface area contributed by atoms with Gasteiger partial charge in [-0.2, -0.15) is 0 Å². The van der Waals surface area contributed by atoms with E-state index in [1.54, 1.807) is 0 Å². The predicted molar refractivity (Wildman–Crippen MR) is 64.4 cm³/mol. The number of ether oxygens (including phenoxy) is 1. The van der Waals surface area contributed by atoms with Gasteiger partial charge in [-0.15, -0.1) is 12.4 Å². The van der Waals surface area contributed by atoms with Crippen LogP contribution >= 0.6 is 12.4 Å². The Morgan fingerprint density at radius 3 is 2.73 bits per heavy atom. The van der Waals surface area contributed by atoms with Crippen LogP contribution in [0.25, 0.3) is 0 Å². The highest BCUT2D eigenvalue weighted by molar-refractivity contribution is 5.85. The Kier molecular flexibility index (Phi) is 4.41. The quantitative estimate of drug-likeness (QED) is 0.784. The zero-order valence-corrected chi connectivity index (χ0v) is 10.8. The molecule has 0 spiro atoms. The second-order valence-electron chi connectivity index (χ2n) is 5.21. The van der Waals surface area contributed by atoms with Crippen LogP contribution in [0.5, 0.6) is 0 Å². The van der Waals surface area contributed by atoms with Crippen molar-refractivity contribution >= 4 is 12.4 Å². The number of nitrogens with zero attached hydrogens (tertiary/aromatic N) is 1. The van der Waals surface area contributed by atoms with Gasteiger partial charge in [-0.1, -0.05) is 0 Å². The van der Waals surface area contributed by atoms with Gasteiger partial charge >= 0.3 is 0 Å². The van der Waals surface area contributed by atoms with E-state index in [4.69, 9.17) is 4.74 Å². The summed E-state index contributed by atoms with van der Waals surface area (Å²) in [5, 5.41) is 3.53. The molecule has 3 atom stereocenters. The van der Waals surface area contributed by atoms with E-state index in [0.29, 0.717) is 6.04 Å². The van der Waals surface area contributed by atoms with E-state index in [2.05, 4.69) is 31.1 Å². The van der Waals surface area contributed by atoms with Crippen molar-refractivity contribution in [1.29, 1.82) is 0 Å². The van der Waals surface area contributed by atoms with Crippen molar-refractivity contribution in [2.45, 2.75) is 38.5 Å². The molecule has 4 heteroatoms. The molecule has 2 saturated heterocycles. The fraction of sp³-hybridized carbons (Fsp3) is 1.00. The molecule has 0 aromatic carbocycles. The van der Waals surface area contributed by atoms with Gasteiger partial charge in [0.1, 0.15) is 5.72 Å². The van der Waals surface area contributed by atoms with Crippen LogP contribution in [0.2, 0.25) is 0 Å². The molecule has 0 aliphatic carbocycles. The topological polar surface area (TPSA) is 24.5 Å². The lowest BCUT2D eigenvalue weighted by Crippen LogP contribution is -2.42. The first-order valence-electron chi connectivity index (χ1n) is 5.68. The first-order chi connectivity index (χ1) is 6.57. The Morgan fingerprint density at radius 1 is 1.53 bits per heavy atom. The molecule has 2 heterocycles. The molecule has 0 radical (unpaired) electrons. The maximum Gasteiger partial charge on any atom is 0.117 e. The van der Waals surface area contributed by atoms with E-state index in [1.807, 2.05) is 0 Å². The summed E-state index contributed by atoms with van der Waals surface area (Å²) >= 11 is 0. The molecular formula is C11H23ClN2O. The summed E-state index contributed by atoms with van der Waals surface area (Å²) in [6.07, 6.45) is 2.48. The summed E-state index contributed by atoms with van der Waals surface area (Å²) in [6, 6.07) is 0.513. The fourth-order valence-corrected chi connectivity index (χ4v) is 2.78. The predicted octanol–water partition coefficient (Wildman–Crippen LogP) is 1.47. The number of hydrogen-bond acceptors (Lipinski definition) is 3. The minimum Gasteiger partial charge on any atom is -0.359 e. The van der Waals surface area contributed by atoms with Crippen molar-refractivity contribution in [3.63, 3.8) is 0 Å². The Labute approximate surface area is 99.0 Å². The average Bonchev–Trinajstić information content (AvgIpc) is 2.60. The molecule has 2 aliphatic rings. The zero-order chi connectivity index (χ0) is 10.2. The standard InChI is InChI=1S/C11H22N2O.ClH/c1-9-8-14-11(2,12-9)6-10-4-5-13(3)7-10;/h9-10,12H,4-8H2,1-3H3;1H. The molecule has 3 unspecified atom stereocenters. The van der Waals surface area contributed by atoms with Crippen molar-refractivity contribution in [3.8, 4) is 0 Å². The first-order valence-corrected chi connectivity index (χ1v) is 5.68. The van der Waals surface area contributed by atoms with E-state index in [-0.39, 0.29) is 18.1 Å². The molecule has 15 heavy (non-hydrogen) atoms. The summed E-state index contributed by atoms with van der Waals surface area (Å²) < 4.78 is 5.82. The van der Waals surface area contributed by atoms with Crippen LogP contribution < -0.4 is 5.32 Å². The molecule has 0 aromatic rings. The molecule has 0 bridgehead atoms. The highest BCUT2D eigenvalue weighted by atomic mass is 35.5. The average molecular weight is 235 g/mol. The van der Waals surface area contributed by atoms with Crippen molar-refractivity contribution in [1.82, 2.24) is 10.2 Å². The number of likely N-dealkylation sites (tertiary alicyclic amines) is 1. The van der Waals surface area contributed by atoms with Crippen molar-refractivity contribution in [2.24, 2.45) is 5.92 Å². The number of nitrogens with one attached hydrogen (secondary N) is 1. The lowest BCUT2D eigenvalue weighted by Gasteiger charge is -2.27. The Bertz CT molecular complexity index is 215. The van der Waals surface area contributed by atoms with Crippen LogP contribution in [0, 0.1) is 5.92 Å². The highest BCUT2D eigenvalue weighted by Crippen LogP contribution is 2.28. The number of rotatable bonds is 2. The minimum absolute atomic E-state index is 0. The molecule has 2 fully saturated rings. The Morgan fingerprint density at radius 2 is 2.27 bits per heavy atom. The van der Waals surface area contributed by atoms with Crippen molar-refractivity contribution in [3.05, 3.63) is 0 Å². The molecular weight excluding hydrogens is 212 g/mol. The summed E-state index contributed by atoms with van der Waals surface area (Å²) in [7, 11) is 2.20. The van der Waals surface area contributed by atoms with Gasteiger partial charge in [0, 0.05) is 12.6 Å². The highest BCUT2D eigenvalue weighted by Gasteiger charge is 2.36. The molecule has 2 aliphatic heterocycles. The largest absolute Gasteiger partial charge is 0.359 e. The van der Waals surface area contributed by atoms with E-state index < -0.39 is 0 Å². The normalized spacial score (nSPS) is 41.8. The minimum atomic E-state index is -0.0603. The summed E-state index contributed by atoms with van der Waals surface area (Å²) in [4.78, 5) is 2.41. The van der Waals surface area contributed by atoms with Crippen LogP contribution in [0.3, 0.4) is 0 Å². The number of halogens is 1. The van der Waals surface area contributed by atoms with Gasteiger partial charge in [0.2, 0.25) is 0 Å². The molecule has 2 rings (SSSR count). The van der Waals surface area contributed by atoms with Gasteiger partial charge < -0.3 is 9.64 Å². The molecule has 1 N–H and O–H groups in total. The third-order valence-electron chi connectivity index (χ3n) is 3.37. The number of hydrogen-bond donors (Lipinski definition) is 1. The molecule has 0 amide bonds. The maximum atomic E-state index is 5.82. The van der Waals surface area contributed by atoms with Crippen LogP contribution in [-0.4, -0.2) is 43.4 Å². The molecule has 90 valence electrons. The Balaban J connectivity index is 0.00000112. The van der Waals surface area contributed by atoms with E-state index >= 15 is 0 Å². The van der Waals surface area contributed by atoms with E-state index in [9.17, 15) is 0 Å². The fourth-order valence-electron chi connectivity index (χ4n) is 2.78. The monoisotopic (exact) mass is 234 g/mol. The maximum absolute atomic E-state index is 5.82. The van der Waals surface area contributed by atoms with E-state index in [1.165, 1.54) is 19.5 Å². The van der Waals surface area contributed by atoms with Crippen LogP contribution in [-0.2, 0) is 4.74 Å². The van der Waals surface area contributed by atoms with Crippen molar-refractivity contribution < 1.29 is 4.74 Å². The summed E-state index contributed by atoms with van der Waals surface area (Å²) in [5.41, 5.74) is -0.0603. The van der Waals surface area contributed by atoms with Gasteiger partial charge in [-0.3, -0.25) is 5.32 Å². The first kappa shape index (κ1) is 13.2. The summed E-state index contributed by atoms with van der Waals surface area (Å²) in [5.74, 6) is 0.808. The second kappa shape index (κ2) is 5.00. The lowest BCUT2D eigenvalue weighted by atomic mass is 9.97. The lowest BCUT2D eigenvalue weighted by molar-refractivity contribution is -0.0123. The molecule has 3 nitrogen and oxygen atoms in total. The van der Waals surface area contributed by atoms with Crippen LogP contribution in [0.4, 0.5) is 0 Å². The SMILES string of the molecule is CC1COC(C)(CC2CCN(C)C2)N1.Cl. The second-order valence-corrected chi connectivity index (χ2v) is 5.21. The molecule has 0 saturated carbocycles. The van der Waals surface area contributed by atoms with Gasteiger partial charge in [-0.25, -0.2) is 0 Å². The molecule has 0 aromatic heterocycles. The van der Waals surface area contributed by atoms with Gasteiger partial charge in [0.15, 0.2) is 0 Å². The van der Waals surface area contributed by atoms with Crippen LogP contribution in [0.1, 0.15) is 26.7 Å². The van der Waals surface area contributed by atoms with Crippen molar-refractivity contribution in [2.75, 3.05) is 26.7 Å². The third-order valence-corrected chi connectivity index (χ3v) is 3.37. The van der Waals surface area contributed by atoms with Crippen LogP contribution in [0.15, 0.2) is 0 Å². The summed E-state index contributed by atoms with van der Waals surface area (Å²) in [6.45, 7) is 7.71. The van der Waals surface area contributed by atoms with E-state index in [0.717, 1.165) is 18.9 Å². The zero-order valence-electron chi connectivity index (χ0n) is 9.95. The third kappa shape index (κ3) is 3.31. The smallest absolute Gasteiger partial charge is 0.117 e. The van der Waals surface area contributed by atoms with Gasteiger partial charge in [0.25, 0.3) is 0 Å². The van der Waals surface area contributed by atoms with Gasteiger partial charge in [0.05, 0.1) is 6.61 Å². The van der Waals surface area contributed by atoms with Gasteiger partial charge in [-0.05, 0) is 46.2 Å². The Hall–Kier alpha value is 0.170.